The number of carbonyl (C=O) groups excluding carboxylic acids is 3. The summed E-state index contributed by atoms with van der Waals surface area (Å²) in [6, 6.07) is 12.5. The summed E-state index contributed by atoms with van der Waals surface area (Å²) in [6.45, 7) is 5.23. The molecule has 0 saturated heterocycles. The van der Waals surface area contributed by atoms with Gasteiger partial charge in [-0.05, 0) is 49.2 Å². The van der Waals surface area contributed by atoms with E-state index in [0.29, 0.717) is 17.1 Å². The van der Waals surface area contributed by atoms with Gasteiger partial charge in [-0.2, -0.15) is 0 Å². The summed E-state index contributed by atoms with van der Waals surface area (Å²) in [5.41, 5.74) is 3.74. The van der Waals surface area contributed by atoms with Crippen molar-refractivity contribution < 1.29 is 14.4 Å². The summed E-state index contributed by atoms with van der Waals surface area (Å²) >= 11 is 0. The molecule has 130 valence electrons. The second-order valence-corrected chi connectivity index (χ2v) is 5.85. The Morgan fingerprint density at radius 1 is 0.840 bits per heavy atom. The molecule has 0 radical (unpaired) electrons. The quantitative estimate of drug-likeness (QED) is 0.731. The van der Waals surface area contributed by atoms with E-state index in [1.54, 1.807) is 24.3 Å². The van der Waals surface area contributed by atoms with Gasteiger partial charge in [-0.15, -0.1) is 0 Å². The lowest BCUT2D eigenvalue weighted by molar-refractivity contribution is -0.123. The molecule has 0 bridgehead atoms. The van der Waals surface area contributed by atoms with Crippen LogP contribution in [0.1, 0.15) is 24.5 Å². The molecule has 0 aliphatic heterocycles. The average Bonchev–Trinajstić information content (AvgIpc) is 2.50. The number of hydrogen-bond acceptors (Lipinski definition) is 3. The Bertz CT molecular complexity index is 815. The monoisotopic (exact) mass is 339 g/mol. The van der Waals surface area contributed by atoms with E-state index < -0.39 is 5.91 Å². The number of rotatable bonds is 5. The molecule has 0 aromatic heterocycles. The van der Waals surface area contributed by atoms with E-state index in [4.69, 9.17) is 0 Å². The van der Waals surface area contributed by atoms with Crippen molar-refractivity contribution in [1.82, 2.24) is 0 Å². The van der Waals surface area contributed by atoms with Crippen LogP contribution >= 0.6 is 0 Å². The lowest BCUT2D eigenvalue weighted by Crippen LogP contribution is -2.21. The van der Waals surface area contributed by atoms with Gasteiger partial charge in [-0.25, -0.2) is 0 Å². The summed E-state index contributed by atoms with van der Waals surface area (Å²) in [7, 11) is 0. The van der Waals surface area contributed by atoms with Crippen LogP contribution in [-0.4, -0.2) is 17.7 Å². The maximum Gasteiger partial charge on any atom is 0.233 e. The first-order chi connectivity index (χ1) is 11.8. The Morgan fingerprint density at radius 2 is 1.48 bits per heavy atom. The third-order valence-corrected chi connectivity index (χ3v) is 3.45. The molecule has 3 amide bonds. The van der Waals surface area contributed by atoms with Crippen LogP contribution in [0.3, 0.4) is 0 Å². The number of hydrogen-bond donors (Lipinski definition) is 3. The Morgan fingerprint density at radius 3 is 2.16 bits per heavy atom. The van der Waals surface area contributed by atoms with Crippen LogP contribution in [0.15, 0.2) is 42.5 Å². The highest BCUT2D eigenvalue weighted by molar-refractivity contribution is 6.08. The molecule has 0 aliphatic carbocycles. The van der Waals surface area contributed by atoms with Gasteiger partial charge >= 0.3 is 0 Å². The zero-order chi connectivity index (χ0) is 18.4. The molecule has 0 unspecified atom stereocenters. The van der Waals surface area contributed by atoms with E-state index in [0.717, 1.165) is 11.1 Å². The largest absolute Gasteiger partial charge is 0.326 e. The Labute approximate surface area is 146 Å². The SMILES string of the molecule is CC(=O)Nc1cccc(NC(=O)CC(=O)Nc2cc(C)ccc2C)c1. The van der Waals surface area contributed by atoms with Gasteiger partial charge in [0.1, 0.15) is 6.42 Å². The molecular formula is C19H21N3O3. The molecule has 0 spiro atoms. The van der Waals surface area contributed by atoms with Crippen LogP contribution in [0.5, 0.6) is 0 Å². The van der Waals surface area contributed by atoms with Crippen LogP contribution in [-0.2, 0) is 14.4 Å². The molecule has 0 saturated carbocycles. The smallest absolute Gasteiger partial charge is 0.233 e. The molecule has 2 rings (SSSR count). The number of carbonyl (C=O) groups is 3. The lowest BCUT2D eigenvalue weighted by atomic mass is 10.1. The molecule has 25 heavy (non-hydrogen) atoms. The van der Waals surface area contributed by atoms with Crippen LogP contribution in [0.25, 0.3) is 0 Å². The van der Waals surface area contributed by atoms with Crippen molar-refractivity contribution in [3.63, 3.8) is 0 Å². The average molecular weight is 339 g/mol. The predicted molar refractivity (Wildman–Crippen MR) is 98.5 cm³/mol. The van der Waals surface area contributed by atoms with Crippen LogP contribution in [0, 0.1) is 13.8 Å². The van der Waals surface area contributed by atoms with Gasteiger partial charge in [-0.3, -0.25) is 14.4 Å². The highest BCUT2D eigenvalue weighted by atomic mass is 16.2. The van der Waals surface area contributed by atoms with E-state index in [1.165, 1.54) is 6.92 Å². The zero-order valence-corrected chi connectivity index (χ0v) is 14.5. The van der Waals surface area contributed by atoms with Crippen LogP contribution < -0.4 is 16.0 Å². The van der Waals surface area contributed by atoms with Gasteiger partial charge in [0, 0.05) is 24.0 Å². The van der Waals surface area contributed by atoms with Gasteiger partial charge in [-0.1, -0.05) is 18.2 Å². The van der Waals surface area contributed by atoms with Gasteiger partial charge in [0.25, 0.3) is 0 Å². The fraction of sp³-hybridized carbons (Fsp3) is 0.211. The molecule has 2 aromatic rings. The number of anilines is 3. The fourth-order valence-corrected chi connectivity index (χ4v) is 2.29. The van der Waals surface area contributed by atoms with Crippen molar-refractivity contribution in [2.24, 2.45) is 0 Å². The second-order valence-electron chi connectivity index (χ2n) is 5.85. The first kappa shape index (κ1) is 18.2. The van der Waals surface area contributed by atoms with Crippen molar-refractivity contribution in [1.29, 1.82) is 0 Å². The molecule has 3 N–H and O–H groups in total. The van der Waals surface area contributed by atoms with Gasteiger partial charge < -0.3 is 16.0 Å². The zero-order valence-electron chi connectivity index (χ0n) is 14.5. The van der Waals surface area contributed by atoms with Crippen LogP contribution in [0.2, 0.25) is 0 Å². The Hall–Kier alpha value is -3.15. The first-order valence-electron chi connectivity index (χ1n) is 7.88. The van der Waals surface area contributed by atoms with Gasteiger partial charge in [0.15, 0.2) is 0 Å². The molecule has 0 atom stereocenters. The highest BCUT2D eigenvalue weighted by Gasteiger charge is 2.11. The summed E-state index contributed by atoms with van der Waals surface area (Å²) < 4.78 is 0. The molecule has 0 fully saturated rings. The minimum atomic E-state index is -0.428. The van der Waals surface area contributed by atoms with Crippen molar-refractivity contribution >= 4 is 34.8 Å². The summed E-state index contributed by atoms with van der Waals surface area (Å²) in [5.74, 6) is -1.01. The molecule has 0 heterocycles. The number of amides is 3. The molecule has 2 aromatic carbocycles. The maximum absolute atomic E-state index is 12.1. The highest BCUT2D eigenvalue weighted by Crippen LogP contribution is 2.17. The molecule has 6 nitrogen and oxygen atoms in total. The molecular weight excluding hydrogens is 318 g/mol. The Balaban J connectivity index is 1.94. The normalized spacial score (nSPS) is 10.0. The van der Waals surface area contributed by atoms with Crippen LogP contribution in [0.4, 0.5) is 17.1 Å². The van der Waals surface area contributed by atoms with Crippen molar-refractivity contribution in [2.75, 3.05) is 16.0 Å². The third kappa shape index (κ3) is 5.76. The third-order valence-electron chi connectivity index (χ3n) is 3.45. The van der Waals surface area contributed by atoms with Gasteiger partial charge in [0.2, 0.25) is 17.7 Å². The Kier molecular flexibility index (Phi) is 5.89. The fourth-order valence-electron chi connectivity index (χ4n) is 2.29. The maximum atomic E-state index is 12.1. The summed E-state index contributed by atoms with van der Waals surface area (Å²) in [5, 5.41) is 8.03. The molecule has 6 heteroatoms. The standard InChI is InChI=1S/C19H21N3O3/c1-12-7-8-13(2)17(9-12)22-19(25)11-18(24)21-16-6-4-5-15(10-16)20-14(3)23/h4-10H,11H2,1-3H3,(H,20,23)(H,21,24)(H,22,25). The van der Waals surface area contributed by atoms with E-state index in [-0.39, 0.29) is 18.2 Å². The van der Waals surface area contributed by atoms with E-state index >= 15 is 0 Å². The topological polar surface area (TPSA) is 87.3 Å². The number of benzene rings is 2. The van der Waals surface area contributed by atoms with Crippen molar-refractivity contribution in [2.45, 2.75) is 27.2 Å². The number of nitrogens with one attached hydrogen (secondary N) is 3. The summed E-state index contributed by atoms with van der Waals surface area (Å²) in [6.07, 6.45) is -0.294. The lowest BCUT2D eigenvalue weighted by Gasteiger charge is -2.10. The first-order valence-corrected chi connectivity index (χ1v) is 7.88. The minimum absolute atomic E-state index is 0.198. The summed E-state index contributed by atoms with van der Waals surface area (Å²) in [4.78, 5) is 35.2. The van der Waals surface area contributed by atoms with E-state index in [1.807, 2.05) is 32.0 Å². The second kappa shape index (κ2) is 8.10. The van der Waals surface area contributed by atoms with Crippen molar-refractivity contribution in [3.05, 3.63) is 53.6 Å². The van der Waals surface area contributed by atoms with E-state index in [2.05, 4.69) is 16.0 Å². The minimum Gasteiger partial charge on any atom is -0.326 e. The predicted octanol–water partition coefficient (Wildman–Crippen LogP) is 3.23. The van der Waals surface area contributed by atoms with Crippen molar-refractivity contribution in [3.8, 4) is 0 Å². The number of aryl methyl sites for hydroxylation is 2. The van der Waals surface area contributed by atoms with Gasteiger partial charge in [0.05, 0.1) is 0 Å². The molecule has 0 aliphatic rings. The van der Waals surface area contributed by atoms with E-state index in [9.17, 15) is 14.4 Å².